The van der Waals surface area contributed by atoms with Gasteiger partial charge in [0, 0.05) is 21.9 Å². The predicted octanol–water partition coefficient (Wildman–Crippen LogP) is 2.94. The SMILES string of the molecule is NC(=O)c1ccc(F)c(CSc2cc(N)cc(F)c2)c1. The van der Waals surface area contributed by atoms with Crippen molar-refractivity contribution in [2.45, 2.75) is 10.6 Å². The van der Waals surface area contributed by atoms with Crippen LogP contribution in [-0.2, 0) is 5.75 Å². The van der Waals surface area contributed by atoms with E-state index in [2.05, 4.69) is 0 Å². The first-order chi connectivity index (χ1) is 9.45. The minimum Gasteiger partial charge on any atom is -0.399 e. The average Bonchev–Trinajstić information content (AvgIpc) is 2.36. The first-order valence-electron chi connectivity index (χ1n) is 5.73. The van der Waals surface area contributed by atoms with E-state index in [1.807, 2.05) is 0 Å². The Kier molecular flexibility index (Phi) is 4.24. The molecule has 4 N–H and O–H groups in total. The van der Waals surface area contributed by atoms with Crippen LogP contribution in [0.4, 0.5) is 14.5 Å². The van der Waals surface area contributed by atoms with E-state index < -0.39 is 17.5 Å². The maximum atomic E-state index is 13.6. The smallest absolute Gasteiger partial charge is 0.248 e. The van der Waals surface area contributed by atoms with Crippen molar-refractivity contribution in [2.75, 3.05) is 5.73 Å². The molecular weight excluding hydrogens is 282 g/mol. The lowest BCUT2D eigenvalue weighted by Gasteiger charge is -2.06. The van der Waals surface area contributed by atoms with Crippen LogP contribution in [0.15, 0.2) is 41.3 Å². The number of primary amides is 1. The summed E-state index contributed by atoms with van der Waals surface area (Å²) in [5.74, 6) is -1.26. The number of hydrogen-bond donors (Lipinski definition) is 2. The Labute approximate surface area is 119 Å². The van der Waals surface area contributed by atoms with Gasteiger partial charge in [-0.15, -0.1) is 11.8 Å². The lowest BCUT2D eigenvalue weighted by molar-refractivity contribution is 0.1000. The molecule has 2 rings (SSSR count). The van der Waals surface area contributed by atoms with Gasteiger partial charge in [-0.25, -0.2) is 8.78 Å². The molecule has 0 atom stereocenters. The summed E-state index contributed by atoms with van der Waals surface area (Å²) in [4.78, 5) is 11.6. The fraction of sp³-hybridized carbons (Fsp3) is 0.0714. The zero-order chi connectivity index (χ0) is 14.7. The van der Waals surface area contributed by atoms with Gasteiger partial charge in [0.2, 0.25) is 5.91 Å². The summed E-state index contributed by atoms with van der Waals surface area (Å²) in [5, 5.41) is 0. The van der Waals surface area contributed by atoms with E-state index in [0.29, 0.717) is 16.1 Å². The molecule has 2 aromatic rings. The number of carbonyl (C=O) groups excluding carboxylic acids is 1. The van der Waals surface area contributed by atoms with Crippen molar-refractivity contribution >= 4 is 23.4 Å². The van der Waals surface area contributed by atoms with Gasteiger partial charge in [-0.3, -0.25) is 4.79 Å². The second-order valence-corrected chi connectivity index (χ2v) is 5.23. The van der Waals surface area contributed by atoms with Crippen LogP contribution < -0.4 is 11.5 Å². The Hall–Kier alpha value is -2.08. The van der Waals surface area contributed by atoms with Crippen LogP contribution in [0.5, 0.6) is 0 Å². The molecule has 0 aromatic heterocycles. The summed E-state index contributed by atoms with van der Waals surface area (Å²) in [6.45, 7) is 0. The van der Waals surface area contributed by atoms with Crippen molar-refractivity contribution in [1.82, 2.24) is 0 Å². The summed E-state index contributed by atoms with van der Waals surface area (Å²) < 4.78 is 26.8. The number of thioether (sulfide) groups is 1. The van der Waals surface area contributed by atoms with Crippen LogP contribution in [0.2, 0.25) is 0 Å². The molecule has 0 unspecified atom stereocenters. The third kappa shape index (κ3) is 3.48. The summed E-state index contributed by atoms with van der Waals surface area (Å²) in [5.41, 5.74) is 11.5. The Bertz CT molecular complexity index is 641. The standard InChI is InChI=1S/C14H12F2N2OS/c15-10-4-11(17)6-12(5-10)20-7-9-3-8(14(18)19)1-2-13(9)16/h1-6H,7,17H2,(H2,18,19). The van der Waals surface area contributed by atoms with Gasteiger partial charge < -0.3 is 11.5 Å². The topological polar surface area (TPSA) is 69.1 Å². The van der Waals surface area contributed by atoms with Crippen molar-refractivity contribution < 1.29 is 13.6 Å². The van der Waals surface area contributed by atoms with E-state index in [1.54, 1.807) is 6.07 Å². The fourth-order valence-corrected chi connectivity index (χ4v) is 2.63. The van der Waals surface area contributed by atoms with Gasteiger partial charge in [0.1, 0.15) is 11.6 Å². The van der Waals surface area contributed by atoms with Gasteiger partial charge in [0.15, 0.2) is 0 Å². The zero-order valence-electron chi connectivity index (χ0n) is 10.4. The molecule has 1 amide bonds. The predicted molar refractivity (Wildman–Crippen MR) is 75.3 cm³/mol. The maximum absolute atomic E-state index is 13.6. The quantitative estimate of drug-likeness (QED) is 0.673. The third-order valence-electron chi connectivity index (χ3n) is 2.62. The van der Waals surface area contributed by atoms with Crippen LogP contribution in [0.3, 0.4) is 0 Å². The highest BCUT2D eigenvalue weighted by Gasteiger charge is 2.08. The second-order valence-electron chi connectivity index (χ2n) is 4.18. The summed E-state index contributed by atoms with van der Waals surface area (Å²) in [6, 6.07) is 8.04. The van der Waals surface area contributed by atoms with Crippen molar-refractivity contribution in [3.05, 3.63) is 59.2 Å². The number of carbonyl (C=O) groups is 1. The Morgan fingerprint density at radius 2 is 1.90 bits per heavy atom. The zero-order valence-corrected chi connectivity index (χ0v) is 11.2. The minimum atomic E-state index is -0.619. The maximum Gasteiger partial charge on any atom is 0.248 e. The molecule has 0 radical (unpaired) electrons. The number of amides is 1. The molecule has 0 saturated heterocycles. The lowest BCUT2D eigenvalue weighted by atomic mass is 10.1. The van der Waals surface area contributed by atoms with Gasteiger partial charge in [-0.2, -0.15) is 0 Å². The molecule has 0 bridgehead atoms. The lowest BCUT2D eigenvalue weighted by Crippen LogP contribution is -2.11. The number of anilines is 1. The van der Waals surface area contributed by atoms with Crippen LogP contribution in [-0.4, -0.2) is 5.91 Å². The second kappa shape index (κ2) is 5.92. The molecule has 3 nitrogen and oxygen atoms in total. The Balaban J connectivity index is 2.18. The van der Waals surface area contributed by atoms with E-state index in [9.17, 15) is 13.6 Å². The van der Waals surface area contributed by atoms with Crippen LogP contribution in [0, 0.1) is 11.6 Å². The third-order valence-corrected chi connectivity index (χ3v) is 3.64. The van der Waals surface area contributed by atoms with Crippen molar-refractivity contribution in [3.8, 4) is 0 Å². The monoisotopic (exact) mass is 294 g/mol. The van der Waals surface area contributed by atoms with Crippen LogP contribution in [0.1, 0.15) is 15.9 Å². The van der Waals surface area contributed by atoms with E-state index in [4.69, 9.17) is 11.5 Å². The van der Waals surface area contributed by atoms with E-state index in [0.717, 1.165) is 0 Å². The normalized spacial score (nSPS) is 10.5. The van der Waals surface area contributed by atoms with E-state index in [-0.39, 0.29) is 11.3 Å². The number of rotatable bonds is 4. The van der Waals surface area contributed by atoms with Gasteiger partial charge in [-0.1, -0.05) is 0 Å². The molecule has 0 aliphatic carbocycles. The van der Waals surface area contributed by atoms with E-state index >= 15 is 0 Å². The van der Waals surface area contributed by atoms with Crippen molar-refractivity contribution in [1.29, 1.82) is 0 Å². The number of nitrogens with two attached hydrogens (primary N) is 2. The first-order valence-corrected chi connectivity index (χ1v) is 6.71. The highest BCUT2D eigenvalue weighted by molar-refractivity contribution is 7.98. The molecule has 0 aliphatic heterocycles. The number of benzene rings is 2. The Morgan fingerprint density at radius 3 is 2.55 bits per heavy atom. The van der Waals surface area contributed by atoms with Gasteiger partial charge in [0.25, 0.3) is 0 Å². The molecule has 0 heterocycles. The largest absolute Gasteiger partial charge is 0.399 e. The van der Waals surface area contributed by atoms with Crippen LogP contribution in [0.25, 0.3) is 0 Å². The molecule has 0 spiro atoms. The Morgan fingerprint density at radius 1 is 1.15 bits per heavy atom. The molecule has 104 valence electrons. The highest BCUT2D eigenvalue weighted by Crippen LogP contribution is 2.27. The minimum absolute atomic E-state index is 0.237. The van der Waals surface area contributed by atoms with Crippen molar-refractivity contribution in [2.24, 2.45) is 5.73 Å². The first kappa shape index (κ1) is 14.3. The molecule has 6 heteroatoms. The van der Waals surface area contributed by atoms with E-state index in [1.165, 1.54) is 42.1 Å². The molecular formula is C14H12F2N2OS. The highest BCUT2D eigenvalue weighted by atomic mass is 32.2. The van der Waals surface area contributed by atoms with Gasteiger partial charge in [-0.05, 0) is 42.0 Å². The number of hydrogen-bond acceptors (Lipinski definition) is 3. The molecule has 20 heavy (non-hydrogen) atoms. The average molecular weight is 294 g/mol. The molecule has 0 aliphatic rings. The van der Waals surface area contributed by atoms with Crippen LogP contribution >= 0.6 is 11.8 Å². The van der Waals surface area contributed by atoms with Crippen molar-refractivity contribution in [3.63, 3.8) is 0 Å². The van der Waals surface area contributed by atoms with Gasteiger partial charge >= 0.3 is 0 Å². The summed E-state index contributed by atoms with van der Waals surface area (Å²) in [7, 11) is 0. The number of nitrogen functional groups attached to an aromatic ring is 1. The summed E-state index contributed by atoms with van der Waals surface area (Å²) in [6.07, 6.45) is 0. The molecule has 2 aromatic carbocycles. The fourth-order valence-electron chi connectivity index (χ4n) is 1.67. The molecule has 0 saturated carbocycles. The van der Waals surface area contributed by atoms with Gasteiger partial charge in [0.05, 0.1) is 0 Å². The number of halogens is 2. The molecule has 0 fully saturated rings. The summed E-state index contributed by atoms with van der Waals surface area (Å²) >= 11 is 1.22.